The number of carboxylic acid groups (broad SMARTS) is 1. The third-order valence-corrected chi connectivity index (χ3v) is 2.74. The number of carbonyl (C=O) groups is 1. The number of halogens is 1. The van der Waals surface area contributed by atoms with E-state index in [1.165, 1.54) is 0 Å². The number of hydrogen-bond acceptors (Lipinski definition) is 3. The van der Waals surface area contributed by atoms with Crippen molar-refractivity contribution in [1.29, 1.82) is 0 Å². The summed E-state index contributed by atoms with van der Waals surface area (Å²) < 4.78 is 0.769. The standard InChI is InChI=1S/C11H15BrN2O2/c1-7(2)5-10(11(15)16)14-9-3-4-13-6-8(9)12/h3-4,6-7,10H,5H2,1-2H3,(H,13,14)(H,15,16)/t10-/m0/s1. The zero-order valence-corrected chi connectivity index (χ0v) is 10.9. The number of nitrogens with zero attached hydrogens (tertiary/aromatic N) is 1. The molecule has 88 valence electrons. The Hall–Kier alpha value is -1.10. The first-order chi connectivity index (χ1) is 7.50. The number of anilines is 1. The van der Waals surface area contributed by atoms with E-state index in [2.05, 4.69) is 26.2 Å². The van der Waals surface area contributed by atoms with E-state index >= 15 is 0 Å². The number of carboxylic acids is 1. The van der Waals surface area contributed by atoms with Gasteiger partial charge >= 0.3 is 5.97 Å². The summed E-state index contributed by atoms with van der Waals surface area (Å²) in [5.41, 5.74) is 0.753. The van der Waals surface area contributed by atoms with E-state index in [1.54, 1.807) is 18.5 Å². The molecule has 0 unspecified atom stereocenters. The van der Waals surface area contributed by atoms with Crippen LogP contribution in [0.1, 0.15) is 20.3 Å². The zero-order chi connectivity index (χ0) is 12.1. The van der Waals surface area contributed by atoms with Gasteiger partial charge in [-0.05, 0) is 34.3 Å². The molecule has 5 heteroatoms. The van der Waals surface area contributed by atoms with Crippen molar-refractivity contribution >= 4 is 27.6 Å². The normalized spacial score (nSPS) is 12.5. The van der Waals surface area contributed by atoms with Crippen LogP contribution in [0.15, 0.2) is 22.9 Å². The summed E-state index contributed by atoms with van der Waals surface area (Å²) in [5, 5.41) is 12.1. The Bertz CT molecular complexity index is 369. The van der Waals surface area contributed by atoms with E-state index < -0.39 is 12.0 Å². The molecule has 0 aliphatic rings. The Kier molecular flexibility index (Phi) is 4.73. The van der Waals surface area contributed by atoms with Crippen molar-refractivity contribution in [3.8, 4) is 0 Å². The van der Waals surface area contributed by atoms with Crippen LogP contribution in [0.25, 0.3) is 0 Å². The second-order valence-corrected chi connectivity index (χ2v) is 4.87. The number of rotatable bonds is 5. The van der Waals surface area contributed by atoms with Gasteiger partial charge in [-0.3, -0.25) is 4.98 Å². The lowest BCUT2D eigenvalue weighted by Crippen LogP contribution is -2.30. The van der Waals surface area contributed by atoms with Crippen molar-refractivity contribution in [3.63, 3.8) is 0 Å². The largest absolute Gasteiger partial charge is 0.480 e. The van der Waals surface area contributed by atoms with Crippen LogP contribution in [0, 0.1) is 5.92 Å². The third kappa shape index (κ3) is 3.81. The zero-order valence-electron chi connectivity index (χ0n) is 9.27. The first-order valence-corrected chi connectivity index (χ1v) is 5.89. The van der Waals surface area contributed by atoms with Crippen molar-refractivity contribution in [1.82, 2.24) is 4.98 Å². The number of aliphatic carboxylic acids is 1. The highest BCUT2D eigenvalue weighted by Crippen LogP contribution is 2.22. The molecule has 0 fully saturated rings. The molecule has 0 spiro atoms. The number of aromatic nitrogens is 1. The molecule has 0 bridgehead atoms. The molecular weight excluding hydrogens is 272 g/mol. The lowest BCUT2D eigenvalue weighted by molar-refractivity contribution is -0.138. The van der Waals surface area contributed by atoms with Gasteiger partial charge in [0.05, 0.1) is 10.2 Å². The molecule has 0 aliphatic heterocycles. The van der Waals surface area contributed by atoms with Crippen LogP contribution >= 0.6 is 15.9 Å². The summed E-state index contributed by atoms with van der Waals surface area (Å²) in [7, 11) is 0. The molecule has 0 aromatic carbocycles. The lowest BCUT2D eigenvalue weighted by Gasteiger charge is -2.18. The smallest absolute Gasteiger partial charge is 0.326 e. The van der Waals surface area contributed by atoms with Gasteiger partial charge in [-0.2, -0.15) is 0 Å². The molecule has 0 saturated carbocycles. The van der Waals surface area contributed by atoms with Gasteiger partial charge in [0.1, 0.15) is 6.04 Å². The second-order valence-electron chi connectivity index (χ2n) is 4.02. The van der Waals surface area contributed by atoms with Crippen molar-refractivity contribution in [2.75, 3.05) is 5.32 Å². The summed E-state index contributed by atoms with van der Waals surface area (Å²) in [6, 6.07) is 1.18. The minimum Gasteiger partial charge on any atom is -0.480 e. The molecule has 1 rings (SSSR count). The second kappa shape index (κ2) is 5.84. The highest BCUT2D eigenvalue weighted by molar-refractivity contribution is 9.10. The third-order valence-electron chi connectivity index (χ3n) is 2.11. The van der Waals surface area contributed by atoms with Gasteiger partial charge in [0, 0.05) is 12.4 Å². The van der Waals surface area contributed by atoms with Gasteiger partial charge < -0.3 is 10.4 Å². The van der Waals surface area contributed by atoms with Gasteiger partial charge in [-0.15, -0.1) is 0 Å². The Morgan fingerprint density at radius 1 is 1.62 bits per heavy atom. The van der Waals surface area contributed by atoms with Gasteiger partial charge in [0.15, 0.2) is 0 Å². The Morgan fingerprint density at radius 3 is 2.81 bits per heavy atom. The lowest BCUT2D eigenvalue weighted by atomic mass is 10.0. The summed E-state index contributed by atoms with van der Waals surface area (Å²) in [6.07, 6.45) is 3.85. The Labute approximate surface area is 103 Å². The van der Waals surface area contributed by atoms with Crippen LogP contribution in [-0.2, 0) is 4.79 Å². The van der Waals surface area contributed by atoms with Gasteiger partial charge in [0.2, 0.25) is 0 Å². The SMILES string of the molecule is CC(C)C[C@H](Nc1ccncc1Br)C(=O)O. The minimum atomic E-state index is -0.836. The topological polar surface area (TPSA) is 62.2 Å². The average molecular weight is 287 g/mol. The summed E-state index contributed by atoms with van der Waals surface area (Å²) in [6.45, 7) is 4.00. The van der Waals surface area contributed by atoms with Crippen LogP contribution in [0.2, 0.25) is 0 Å². The van der Waals surface area contributed by atoms with Crippen molar-refractivity contribution in [3.05, 3.63) is 22.9 Å². The van der Waals surface area contributed by atoms with Crippen LogP contribution in [0.3, 0.4) is 0 Å². The summed E-state index contributed by atoms with van der Waals surface area (Å²) in [4.78, 5) is 15.0. The molecule has 1 aromatic heterocycles. The maximum atomic E-state index is 11.1. The molecule has 2 N–H and O–H groups in total. The highest BCUT2D eigenvalue weighted by Gasteiger charge is 2.19. The minimum absolute atomic E-state index is 0.328. The first-order valence-electron chi connectivity index (χ1n) is 5.09. The van der Waals surface area contributed by atoms with Gasteiger partial charge in [-0.25, -0.2) is 4.79 Å². The predicted molar refractivity (Wildman–Crippen MR) is 66.4 cm³/mol. The van der Waals surface area contributed by atoms with E-state index in [4.69, 9.17) is 5.11 Å². The fraction of sp³-hybridized carbons (Fsp3) is 0.455. The molecule has 1 aromatic rings. The Balaban J connectivity index is 2.76. The summed E-state index contributed by atoms with van der Waals surface area (Å²) >= 11 is 3.32. The van der Waals surface area contributed by atoms with Gasteiger partial charge in [0.25, 0.3) is 0 Å². The van der Waals surface area contributed by atoms with Gasteiger partial charge in [-0.1, -0.05) is 13.8 Å². The van der Waals surface area contributed by atoms with Crippen molar-refractivity contribution in [2.24, 2.45) is 5.92 Å². The average Bonchev–Trinajstić information content (AvgIpc) is 2.19. The molecule has 1 heterocycles. The predicted octanol–water partition coefficient (Wildman–Crippen LogP) is 2.76. The van der Waals surface area contributed by atoms with E-state index in [1.807, 2.05) is 13.8 Å². The van der Waals surface area contributed by atoms with Crippen LogP contribution in [0.4, 0.5) is 5.69 Å². The molecule has 1 atom stereocenters. The highest BCUT2D eigenvalue weighted by atomic mass is 79.9. The van der Waals surface area contributed by atoms with Crippen molar-refractivity contribution < 1.29 is 9.90 Å². The van der Waals surface area contributed by atoms with Crippen LogP contribution in [0.5, 0.6) is 0 Å². The fourth-order valence-corrected chi connectivity index (χ4v) is 1.74. The van der Waals surface area contributed by atoms with E-state index in [-0.39, 0.29) is 0 Å². The van der Waals surface area contributed by atoms with E-state index in [0.29, 0.717) is 12.3 Å². The Morgan fingerprint density at radius 2 is 2.31 bits per heavy atom. The van der Waals surface area contributed by atoms with E-state index in [0.717, 1.165) is 10.2 Å². The fourth-order valence-electron chi connectivity index (χ4n) is 1.37. The molecule has 0 amide bonds. The molecule has 0 aliphatic carbocycles. The van der Waals surface area contributed by atoms with Crippen molar-refractivity contribution in [2.45, 2.75) is 26.3 Å². The molecule has 0 saturated heterocycles. The maximum absolute atomic E-state index is 11.1. The molecule has 0 radical (unpaired) electrons. The van der Waals surface area contributed by atoms with Crippen LogP contribution < -0.4 is 5.32 Å². The number of hydrogen-bond donors (Lipinski definition) is 2. The molecular formula is C11H15BrN2O2. The maximum Gasteiger partial charge on any atom is 0.326 e. The number of nitrogens with one attached hydrogen (secondary N) is 1. The van der Waals surface area contributed by atoms with E-state index in [9.17, 15) is 4.79 Å². The monoisotopic (exact) mass is 286 g/mol. The molecule has 16 heavy (non-hydrogen) atoms. The first kappa shape index (κ1) is 13.0. The molecule has 4 nitrogen and oxygen atoms in total. The summed E-state index contributed by atoms with van der Waals surface area (Å²) in [5.74, 6) is -0.508. The quantitative estimate of drug-likeness (QED) is 0.874. The van der Waals surface area contributed by atoms with Crippen LogP contribution in [-0.4, -0.2) is 22.1 Å². The number of pyridine rings is 1.